The maximum atomic E-state index is 12.5. The Hall–Kier alpha value is -1.59. The van der Waals surface area contributed by atoms with E-state index in [0.29, 0.717) is 15.6 Å². The van der Waals surface area contributed by atoms with Crippen molar-refractivity contribution in [3.8, 4) is 5.75 Å². The van der Waals surface area contributed by atoms with Crippen molar-refractivity contribution in [3.63, 3.8) is 0 Å². The predicted molar refractivity (Wildman–Crippen MR) is 76.7 cm³/mol. The Morgan fingerprint density at radius 2 is 1.67 bits per heavy atom. The standard InChI is InChI=1S/C14H10Cl2F3NO/c15-10-2-1-3-11(16)9(10)7-21-13-5-4-8(6-12(13)20)14(17,18)19/h1-6H,7,20H2. The summed E-state index contributed by atoms with van der Waals surface area (Å²) in [5.41, 5.74) is 5.17. The number of hydrogen-bond acceptors (Lipinski definition) is 2. The molecule has 0 saturated heterocycles. The molecule has 0 spiro atoms. The molecule has 21 heavy (non-hydrogen) atoms. The molecule has 0 fully saturated rings. The quantitative estimate of drug-likeness (QED) is 0.785. The van der Waals surface area contributed by atoms with Crippen LogP contribution in [0.3, 0.4) is 0 Å². The van der Waals surface area contributed by atoms with Gasteiger partial charge in [-0.1, -0.05) is 29.3 Å². The second-order valence-corrected chi connectivity index (χ2v) is 5.05. The van der Waals surface area contributed by atoms with E-state index in [1.54, 1.807) is 18.2 Å². The number of halogens is 5. The Bertz CT molecular complexity index is 639. The van der Waals surface area contributed by atoms with Crippen LogP contribution in [-0.2, 0) is 12.8 Å². The van der Waals surface area contributed by atoms with Crippen molar-refractivity contribution in [1.29, 1.82) is 0 Å². The van der Waals surface area contributed by atoms with Crippen molar-refractivity contribution in [1.82, 2.24) is 0 Å². The van der Waals surface area contributed by atoms with E-state index < -0.39 is 11.7 Å². The lowest BCUT2D eigenvalue weighted by Gasteiger charge is -2.13. The lowest BCUT2D eigenvalue weighted by Crippen LogP contribution is -2.07. The number of ether oxygens (including phenoxy) is 1. The van der Waals surface area contributed by atoms with Gasteiger partial charge in [-0.2, -0.15) is 13.2 Å². The molecule has 0 aliphatic heterocycles. The van der Waals surface area contributed by atoms with Crippen LogP contribution in [0.4, 0.5) is 18.9 Å². The molecule has 7 heteroatoms. The molecule has 0 saturated carbocycles. The zero-order valence-electron chi connectivity index (χ0n) is 10.5. The van der Waals surface area contributed by atoms with Gasteiger partial charge >= 0.3 is 6.18 Å². The Labute approximate surface area is 129 Å². The number of nitrogens with two attached hydrogens (primary N) is 1. The van der Waals surface area contributed by atoms with Gasteiger partial charge in [-0.3, -0.25) is 0 Å². The highest BCUT2D eigenvalue weighted by molar-refractivity contribution is 6.35. The lowest BCUT2D eigenvalue weighted by molar-refractivity contribution is -0.137. The highest BCUT2D eigenvalue weighted by Gasteiger charge is 2.30. The van der Waals surface area contributed by atoms with Crippen molar-refractivity contribution in [2.24, 2.45) is 0 Å². The van der Waals surface area contributed by atoms with E-state index in [2.05, 4.69) is 0 Å². The first-order chi connectivity index (χ1) is 9.79. The fraction of sp³-hybridized carbons (Fsp3) is 0.143. The third kappa shape index (κ3) is 3.74. The van der Waals surface area contributed by atoms with Gasteiger partial charge < -0.3 is 10.5 Å². The molecule has 0 bridgehead atoms. The third-order valence-electron chi connectivity index (χ3n) is 2.77. The minimum absolute atomic E-state index is 0.00801. The van der Waals surface area contributed by atoms with E-state index in [9.17, 15) is 13.2 Å². The van der Waals surface area contributed by atoms with Crippen molar-refractivity contribution < 1.29 is 17.9 Å². The van der Waals surface area contributed by atoms with E-state index in [0.717, 1.165) is 12.1 Å². The third-order valence-corrected chi connectivity index (χ3v) is 3.48. The first-order valence-electron chi connectivity index (χ1n) is 5.81. The maximum Gasteiger partial charge on any atom is 0.416 e. The fourth-order valence-corrected chi connectivity index (χ4v) is 2.18. The number of nitrogen functional groups attached to an aromatic ring is 1. The zero-order valence-corrected chi connectivity index (χ0v) is 12.1. The highest BCUT2D eigenvalue weighted by atomic mass is 35.5. The van der Waals surface area contributed by atoms with E-state index in [1.165, 1.54) is 6.07 Å². The number of alkyl halides is 3. The van der Waals surface area contributed by atoms with Gasteiger partial charge in [0.1, 0.15) is 12.4 Å². The summed E-state index contributed by atoms with van der Waals surface area (Å²) in [7, 11) is 0. The van der Waals surface area contributed by atoms with Crippen LogP contribution in [0, 0.1) is 0 Å². The van der Waals surface area contributed by atoms with Crippen LogP contribution >= 0.6 is 23.2 Å². The SMILES string of the molecule is Nc1cc(C(F)(F)F)ccc1OCc1c(Cl)cccc1Cl. The van der Waals surface area contributed by atoms with E-state index >= 15 is 0 Å². The Balaban J connectivity index is 2.18. The number of benzene rings is 2. The van der Waals surface area contributed by atoms with E-state index in [1.807, 2.05) is 0 Å². The van der Waals surface area contributed by atoms with Gasteiger partial charge in [0.25, 0.3) is 0 Å². The second-order valence-electron chi connectivity index (χ2n) is 4.24. The van der Waals surface area contributed by atoms with Crippen LogP contribution in [0.5, 0.6) is 5.75 Å². The van der Waals surface area contributed by atoms with Crippen LogP contribution < -0.4 is 10.5 Å². The van der Waals surface area contributed by atoms with Crippen LogP contribution in [0.25, 0.3) is 0 Å². The number of hydrogen-bond donors (Lipinski definition) is 1. The summed E-state index contributed by atoms with van der Waals surface area (Å²) in [6.07, 6.45) is -4.45. The molecule has 0 atom stereocenters. The van der Waals surface area contributed by atoms with Crippen molar-refractivity contribution in [2.45, 2.75) is 12.8 Å². The fourth-order valence-electron chi connectivity index (χ4n) is 1.68. The van der Waals surface area contributed by atoms with Gasteiger partial charge in [0.2, 0.25) is 0 Å². The van der Waals surface area contributed by atoms with Gasteiger partial charge in [0.15, 0.2) is 0 Å². The molecule has 0 aliphatic rings. The molecular weight excluding hydrogens is 326 g/mol. The predicted octanol–water partition coefficient (Wildman–Crippen LogP) is 5.17. The number of rotatable bonds is 3. The van der Waals surface area contributed by atoms with Crippen LogP contribution in [0.1, 0.15) is 11.1 Å². The van der Waals surface area contributed by atoms with E-state index in [-0.39, 0.29) is 18.0 Å². The normalized spacial score (nSPS) is 11.5. The number of anilines is 1. The van der Waals surface area contributed by atoms with Crippen LogP contribution in [-0.4, -0.2) is 0 Å². The highest BCUT2D eigenvalue weighted by Crippen LogP contribution is 2.34. The van der Waals surface area contributed by atoms with Gasteiger partial charge in [-0.15, -0.1) is 0 Å². The Morgan fingerprint density at radius 1 is 1.05 bits per heavy atom. The minimum atomic E-state index is -4.45. The van der Waals surface area contributed by atoms with Gasteiger partial charge in [0, 0.05) is 15.6 Å². The molecule has 2 aromatic carbocycles. The summed E-state index contributed by atoms with van der Waals surface area (Å²) < 4.78 is 43.0. The summed E-state index contributed by atoms with van der Waals surface area (Å²) in [4.78, 5) is 0. The molecule has 0 aliphatic carbocycles. The summed E-state index contributed by atoms with van der Waals surface area (Å²) in [6.45, 7) is 0.00801. The molecule has 0 unspecified atom stereocenters. The van der Waals surface area contributed by atoms with Crippen LogP contribution in [0.15, 0.2) is 36.4 Å². The van der Waals surface area contributed by atoms with Crippen LogP contribution in [0.2, 0.25) is 10.0 Å². The lowest BCUT2D eigenvalue weighted by atomic mass is 10.2. The first kappa shape index (κ1) is 15.8. The molecule has 2 rings (SSSR count). The minimum Gasteiger partial charge on any atom is -0.487 e. The van der Waals surface area contributed by atoms with Crippen molar-refractivity contribution in [2.75, 3.05) is 5.73 Å². The molecule has 0 heterocycles. The second kappa shape index (κ2) is 6.03. The molecule has 2 nitrogen and oxygen atoms in total. The largest absolute Gasteiger partial charge is 0.487 e. The van der Waals surface area contributed by atoms with Gasteiger partial charge in [-0.05, 0) is 30.3 Å². The van der Waals surface area contributed by atoms with Crippen molar-refractivity contribution in [3.05, 3.63) is 57.6 Å². The summed E-state index contributed by atoms with van der Waals surface area (Å²) >= 11 is 12.0. The Morgan fingerprint density at radius 3 is 2.19 bits per heavy atom. The molecule has 0 radical (unpaired) electrons. The molecular formula is C14H10Cl2F3NO. The summed E-state index contributed by atoms with van der Waals surface area (Å²) in [6, 6.07) is 7.86. The van der Waals surface area contributed by atoms with E-state index in [4.69, 9.17) is 33.7 Å². The average molecular weight is 336 g/mol. The Kier molecular flexibility index (Phi) is 4.54. The monoisotopic (exact) mass is 335 g/mol. The average Bonchev–Trinajstić information content (AvgIpc) is 2.38. The summed E-state index contributed by atoms with van der Waals surface area (Å²) in [5.74, 6) is 0.138. The smallest absolute Gasteiger partial charge is 0.416 e. The molecule has 2 aromatic rings. The first-order valence-corrected chi connectivity index (χ1v) is 6.57. The molecule has 0 aromatic heterocycles. The molecule has 112 valence electrons. The maximum absolute atomic E-state index is 12.5. The molecule has 0 amide bonds. The zero-order chi connectivity index (χ0) is 15.6. The van der Waals surface area contributed by atoms with Gasteiger partial charge in [-0.25, -0.2) is 0 Å². The molecule has 2 N–H and O–H groups in total. The summed E-state index contributed by atoms with van der Waals surface area (Å²) in [5, 5.41) is 0.820. The van der Waals surface area contributed by atoms with Crippen molar-refractivity contribution >= 4 is 28.9 Å². The van der Waals surface area contributed by atoms with Gasteiger partial charge in [0.05, 0.1) is 11.3 Å². The topological polar surface area (TPSA) is 35.2 Å².